The quantitative estimate of drug-likeness (QED) is 0.831. The van der Waals surface area contributed by atoms with E-state index in [2.05, 4.69) is 0 Å². The standard InChI is InChI=1S/C17H18N2O5/c1-10-2-3-12-13(8-10)16(22)19(15(12)21)9-14(20)18-6-4-11(5-7-18)17(23)24/h2-3,8,11H,4-7,9H2,1H3,(H,23,24). The minimum atomic E-state index is -0.849. The third kappa shape index (κ3) is 2.77. The van der Waals surface area contributed by atoms with Crippen LogP contribution in [0.1, 0.15) is 39.1 Å². The Kier molecular flexibility index (Phi) is 4.09. The smallest absolute Gasteiger partial charge is 0.306 e. The second-order valence-corrected chi connectivity index (χ2v) is 6.24. The molecule has 1 aromatic carbocycles. The van der Waals surface area contributed by atoms with Crippen molar-refractivity contribution >= 4 is 23.7 Å². The van der Waals surface area contributed by atoms with Gasteiger partial charge in [0.25, 0.3) is 11.8 Å². The summed E-state index contributed by atoms with van der Waals surface area (Å²) in [6.07, 6.45) is 0.783. The van der Waals surface area contributed by atoms with Gasteiger partial charge in [-0.25, -0.2) is 0 Å². The number of likely N-dealkylation sites (tertiary alicyclic amines) is 1. The predicted molar refractivity (Wildman–Crippen MR) is 83.5 cm³/mol. The summed E-state index contributed by atoms with van der Waals surface area (Å²) in [4.78, 5) is 50.5. The molecule has 24 heavy (non-hydrogen) atoms. The highest BCUT2D eigenvalue weighted by molar-refractivity contribution is 6.22. The number of hydrogen-bond donors (Lipinski definition) is 1. The molecule has 0 radical (unpaired) electrons. The van der Waals surface area contributed by atoms with Crippen LogP contribution in [0.25, 0.3) is 0 Å². The van der Waals surface area contributed by atoms with Crippen LogP contribution >= 0.6 is 0 Å². The molecular formula is C17H18N2O5. The monoisotopic (exact) mass is 330 g/mol. The van der Waals surface area contributed by atoms with E-state index in [-0.39, 0.29) is 12.5 Å². The molecule has 7 nitrogen and oxygen atoms in total. The third-order valence-corrected chi connectivity index (χ3v) is 4.62. The van der Waals surface area contributed by atoms with Crippen molar-refractivity contribution in [1.29, 1.82) is 0 Å². The molecule has 1 aromatic rings. The minimum absolute atomic E-state index is 0.302. The van der Waals surface area contributed by atoms with Gasteiger partial charge in [-0.05, 0) is 31.9 Å². The molecule has 126 valence electrons. The van der Waals surface area contributed by atoms with E-state index in [4.69, 9.17) is 5.11 Å². The van der Waals surface area contributed by atoms with Crippen molar-refractivity contribution in [3.05, 3.63) is 34.9 Å². The van der Waals surface area contributed by atoms with Crippen molar-refractivity contribution < 1.29 is 24.3 Å². The summed E-state index contributed by atoms with van der Waals surface area (Å²) in [6.45, 7) is 2.19. The highest BCUT2D eigenvalue weighted by Gasteiger charge is 2.38. The molecule has 3 rings (SSSR count). The van der Waals surface area contributed by atoms with Gasteiger partial charge in [0.15, 0.2) is 0 Å². The lowest BCUT2D eigenvalue weighted by Gasteiger charge is -2.31. The van der Waals surface area contributed by atoms with Crippen molar-refractivity contribution in [2.75, 3.05) is 19.6 Å². The highest BCUT2D eigenvalue weighted by atomic mass is 16.4. The van der Waals surface area contributed by atoms with Gasteiger partial charge in [-0.3, -0.25) is 24.1 Å². The van der Waals surface area contributed by atoms with Gasteiger partial charge < -0.3 is 10.0 Å². The van der Waals surface area contributed by atoms with Gasteiger partial charge in [-0.1, -0.05) is 11.6 Å². The van der Waals surface area contributed by atoms with Crippen LogP contribution in [0.3, 0.4) is 0 Å². The number of amides is 3. The van der Waals surface area contributed by atoms with E-state index in [0.29, 0.717) is 37.1 Å². The molecule has 2 heterocycles. The Labute approximate surface area is 138 Å². The molecule has 0 aliphatic carbocycles. The summed E-state index contributed by atoms with van der Waals surface area (Å²) in [6, 6.07) is 5.01. The fourth-order valence-electron chi connectivity index (χ4n) is 3.16. The van der Waals surface area contributed by atoms with Crippen LogP contribution in [-0.2, 0) is 9.59 Å². The number of benzene rings is 1. The summed E-state index contributed by atoms with van der Waals surface area (Å²) in [7, 11) is 0. The summed E-state index contributed by atoms with van der Waals surface area (Å²) >= 11 is 0. The van der Waals surface area contributed by atoms with Crippen molar-refractivity contribution in [1.82, 2.24) is 9.80 Å². The van der Waals surface area contributed by atoms with E-state index >= 15 is 0 Å². The summed E-state index contributed by atoms with van der Waals surface area (Å²) in [5.74, 6) is -2.52. The number of hydrogen-bond acceptors (Lipinski definition) is 4. The number of carboxylic acids is 1. The van der Waals surface area contributed by atoms with Gasteiger partial charge >= 0.3 is 5.97 Å². The minimum Gasteiger partial charge on any atom is -0.481 e. The molecule has 1 saturated heterocycles. The Morgan fingerprint density at radius 3 is 2.38 bits per heavy atom. The molecule has 0 bridgehead atoms. The molecule has 7 heteroatoms. The first-order chi connectivity index (χ1) is 11.4. The van der Waals surface area contributed by atoms with Crippen LogP contribution in [0.2, 0.25) is 0 Å². The molecule has 0 saturated carbocycles. The van der Waals surface area contributed by atoms with Gasteiger partial charge in [0, 0.05) is 13.1 Å². The van der Waals surface area contributed by atoms with E-state index < -0.39 is 23.7 Å². The lowest BCUT2D eigenvalue weighted by Crippen LogP contribution is -2.46. The Hall–Kier alpha value is -2.70. The molecule has 2 aliphatic heterocycles. The normalized spacial score (nSPS) is 18.0. The summed E-state index contributed by atoms with van der Waals surface area (Å²) < 4.78 is 0. The first-order valence-electron chi connectivity index (χ1n) is 7.86. The molecule has 1 N–H and O–H groups in total. The molecule has 0 atom stereocenters. The van der Waals surface area contributed by atoms with Crippen molar-refractivity contribution in [2.45, 2.75) is 19.8 Å². The summed E-state index contributed by atoms with van der Waals surface area (Å²) in [5, 5.41) is 8.98. The lowest BCUT2D eigenvalue weighted by atomic mass is 9.97. The Bertz CT molecular complexity index is 734. The van der Waals surface area contributed by atoms with Gasteiger partial charge in [-0.2, -0.15) is 0 Å². The van der Waals surface area contributed by atoms with Crippen LogP contribution in [0.5, 0.6) is 0 Å². The SMILES string of the molecule is Cc1ccc2c(c1)C(=O)N(CC(=O)N1CCC(C(=O)O)CC1)C2=O. The lowest BCUT2D eigenvalue weighted by molar-refractivity contribution is -0.145. The number of rotatable bonds is 3. The second-order valence-electron chi connectivity index (χ2n) is 6.24. The fourth-order valence-corrected chi connectivity index (χ4v) is 3.16. The van der Waals surface area contributed by atoms with Crippen LogP contribution in [0, 0.1) is 12.8 Å². The largest absolute Gasteiger partial charge is 0.481 e. The Morgan fingerprint density at radius 1 is 1.12 bits per heavy atom. The maximum Gasteiger partial charge on any atom is 0.306 e. The number of carbonyl (C=O) groups excluding carboxylic acids is 3. The number of fused-ring (bicyclic) bond motifs is 1. The Morgan fingerprint density at radius 2 is 1.75 bits per heavy atom. The number of imide groups is 1. The molecule has 2 aliphatic rings. The van der Waals surface area contributed by atoms with Gasteiger partial charge in [0.05, 0.1) is 17.0 Å². The summed E-state index contributed by atoms with van der Waals surface area (Å²) in [5.41, 5.74) is 1.53. The molecule has 0 spiro atoms. The molecular weight excluding hydrogens is 312 g/mol. The molecule has 3 amide bonds. The number of carboxylic acid groups (broad SMARTS) is 1. The maximum atomic E-state index is 12.4. The third-order valence-electron chi connectivity index (χ3n) is 4.62. The average molecular weight is 330 g/mol. The van der Waals surface area contributed by atoms with E-state index in [1.54, 1.807) is 18.2 Å². The topological polar surface area (TPSA) is 95.0 Å². The molecule has 1 fully saturated rings. The number of aryl methyl sites for hydroxylation is 1. The fraction of sp³-hybridized carbons (Fsp3) is 0.412. The van der Waals surface area contributed by atoms with Gasteiger partial charge in [0.1, 0.15) is 6.54 Å². The van der Waals surface area contributed by atoms with Crippen LogP contribution in [0.4, 0.5) is 0 Å². The first-order valence-corrected chi connectivity index (χ1v) is 7.86. The molecule has 0 aromatic heterocycles. The number of aliphatic carboxylic acids is 1. The van der Waals surface area contributed by atoms with Crippen LogP contribution in [0.15, 0.2) is 18.2 Å². The first kappa shape index (κ1) is 16.2. The second kappa shape index (κ2) is 6.07. The van der Waals surface area contributed by atoms with E-state index in [9.17, 15) is 19.2 Å². The zero-order valence-electron chi connectivity index (χ0n) is 13.3. The number of piperidine rings is 1. The van der Waals surface area contributed by atoms with Crippen LogP contribution < -0.4 is 0 Å². The van der Waals surface area contributed by atoms with Crippen LogP contribution in [-0.4, -0.2) is 58.2 Å². The van der Waals surface area contributed by atoms with Crippen molar-refractivity contribution in [2.24, 2.45) is 5.92 Å². The van der Waals surface area contributed by atoms with E-state index in [1.165, 1.54) is 4.90 Å². The highest BCUT2D eigenvalue weighted by Crippen LogP contribution is 2.24. The predicted octanol–water partition coefficient (Wildman–Crippen LogP) is 0.914. The van der Waals surface area contributed by atoms with Crippen molar-refractivity contribution in [3.8, 4) is 0 Å². The van der Waals surface area contributed by atoms with E-state index in [0.717, 1.165) is 10.5 Å². The zero-order chi connectivity index (χ0) is 17.4. The number of carbonyl (C=O) groups is 4. The Balaban J connectivity index is 1.67. The number of nitrogens with zero attached hydrogens (tertiary/aromatic N) is 2. The van der Waals surface area contributed by atoms with Crippen molar-refractivity contribution in [3.63, 3.8) is 0 Å². The maximum absolute atomic E-state index is 12.4. The van der Waals surface area contributed by atoms with Gasteiger partial charge in [0.2, 0.25) is 5.91 Å². The van der Waals surface area contributed by atoms with E-state index in [1.807, 2.05) is 6.92 Å². The zero-order valence-corrected chi connectivity index (χ0v) is 13.3. The average Bonchev–Trinajstić information content (AvgIpc) is 2.79. The molecule has 0 unspecified atom stereocenters. The van der Waals surface area contributed by atoms with Gasteiger partial charge in [-0.15, -0.1) is 0 Å².